The standard InChI is InChI=1S/C24H26BrF3N2O3S2/c25-21-5-7-23(34-21)35(32,33)30-14-10-19(11-15-30)18-8-12-29(13-9-18)22(31)6-4-17-2-1-3-20(16-17)24(26,27)28/h1-7,16,18-19H,8-15H2/b6-4+. The molecule has 1 aromatic carbocycles. The summed E-state index contributed by atoms with van der Waals surface area (Å²) in [5, 5.41) is 0. The van der Waals surface area contributed by atoms with Crippen molar-refractivity contribution < 1.29 is 26.4 Å². The Morgan fingerprint density at radius 3 is 2.20 bits per heavy atom. The highest BCUT2D eigenvalue weighted by molar-refractivity contribution is 9.11. The largest absolute Gasteiger partial charge is 0.416 e. The van der Waals surface area contributed by atoms with Crippen LogP contribution in [0.25, 0.3) is 6.08 Å². The normalized spacial score (nSPS) is 19.5. The fourth-order valence-corrected chi connectivity index (χ4v) is 8.47. The van der Waals surface area contributed by atoms with E-state index in [9.17, 15) is 26.4 Å². The highest BCUT2D eigenvalue weighted by Gasteiger charge is 2.35. The van der Waals surface area contributed by atoms with Gasteiger partial charge >= 0.3 is 6.18 Å². The Bertz CT molecular complexity index is 1180. The van der Waals surface area contributed by atoms with E-state index in [0.717, 1.165) is 41.6 Å². The van der Waals surface area contributed by atoms with E-state index >= 15 is 0 Å². The number of benzene rings is 1. The number of amides is 1. The molecule has 0 aliphatic carbocycles. The van der Waals surface area contributed by atoms with Gasteiger partial charge in [-0.15, -0.1) is 11.3 Å². The van der Waals surface area contributed by atoms with Gasteiger partial charge < -0.3 is 4.90 Å². The maximum Gasteiger partial charge on any atom is 0.416 e. The first-order chi connectivity index (χ1) is 16.5. The van der Waals surface area contributed by atoms with Gasteiger partial charge in [0.25, 0.3) is 10.0 Å². The molecule has 2 aromatic rings. The van der Waals surface area contributed by atoms with E-state index in [-0.39, 0.29) is 5.91 Å². The van der Waals surface area contributed by atoms with Crippen LogP contribution in [0.5, 0.6) is 0 Å². The zero-order valence-electron chi connectivity index (χ0n) is 18.9. The first-order valence-corrected chi connectivity index (χ1v) is 14.5. The van der Waals surface area contributed by atoms with Crippen molar-refractivity contribution in [2.45, 2.75) is 36.1 Å². The van der Waals surface area contributed by atoms with Crippen LogP contribution in [0.2, 0.25) is 0 Å². The molecule has 3 heterocycles. The van der Waals surface area contributed by atoms with Crippen LogP contribution < -0.4 is 0 Å². The van der Waals surface area contributed by atoms with Crippen molar-refractivity contribution in [1.82, 2.24) is 9.21 Å². The molecule has 2 saturated heterocycles. The number of carbonyl (C=O) groups excluding carboxylic acids is 1. The van der Waals surface area contributed by atoms with Gasteiger partial charge in [-0.2, -0.15) is 17.5 Å². The lowest BCUT2D eigenvalue weighted by atomic mass is 9.79. The van der Waals surface area contributed by atoms with Gasteiger partial charge in [0.15, 0.2) is 0 Å². The number of likely N-dealkylation sites (tertiary alicyclic amines) is 1. The summed E-state index contributed by atoms with van der Waals surface area (Å²) in [6, 6.07) is 8.27. The van der Waals surface area contributed by atoms with Crippen molar-refractivity contribution in [1.29, 1.82) is 0 Å². The van der Waals surface area contributed by atoms with Gasteiger partial charge in [-0.3, -0.25) is 4.79 Å². The molecule has 2 aliphatic heterocycles. The third kappa shape index (κ3) is 6.36. The molecule has 0 saturated carbocycles. The minimum Gasteiger partial charge on any atom is -0.339 e. The molecule has 190 valence electrons. The second kappa shape index (κ2) is 10.7. The lowest BCUT2D eigenvalue weighted by molar-refractivity contribution is -0.137. The number of hydrogen-bond acceptors (Lipinski definition) is 4. The average molecular weight is 592 g/mol. The van der Waals surface area contributed by atoms with Gasteiger partial charge in [-0.1, -0.05) is 12.1 Å². The summed E-state index contributed by atoms with van der Waals surface area (Å²) in [7, 11) is -3.46. The van der Waals surface area contributed by atoms with E-state index in [2.05, 4.69) is 15.9 Å². The van der Waals surface area contributed by atoms with Crippen LogP contribution in [0, 0.1) is 11.8 Å². The summed E-state index contributed by atoms with van der Waals surface area (Å²) in [5.74, 6) is 0.658. The molecule has 5 nitrogen and oxygen atoms in total. The predicted octanol–water partition coefficient (Wildman–Crippen LogP) is 5.88. The van der Waals surface area contributed by atoms with Crippen molar-refractivity contribution in [3.8, 4) is 0 Å². The second-order valence-corrected chi connectivity index (χ2v) is 13.5. The van der Waals surface area contributed by atoms with Crippen LogP contribution in [0.4, 0.5) is 13.2 Å². The average Bonchev–Trinajstić information content (AvgIpc) is 3.29. The molecule has 1 aromatic heterocycles. The zero-order valence-corrected chi connectivity index (χ0v) is 22.1. The molecule has 2 aliphatic rings. The summed E-state index contributed by atoms with van der Waals surface area (Å²) >= 11 is 4.54. The summed E-state index contributed by atoms with van der Waals surface area (Å²) in [6.45, 7) is 2.19. The van der Waals surface area contributed by atoms with Gasteiger partial charge in [0.1, 0.15) is 4.21 Å². The second-order valence-electron chi connectivity index (χ2n) is 8.92. The van der Waals surface area contributed by atoms with Crippen LogP contribution in [-0.2, 0) is 21.0 Å². The van der Waals surface area contributed by atoms with Gasteiger partial charge in [-0.25, -0.2) is 8.42 Å². The lowest BCUT2D eigenvalue weighted by Gasteiger charge is -2.39. The molecule has 0 spiro atoms. The molecule has 0 bridgehead atoms. The Hall–Kier alpha value is -1.69. The number of thiophene rings is 1. The number of alkyl halides is 3. The monoisotopic (exact) mass is 590 g/mol. The van der Waals surface area contributed by atoms with Crippen molar-refractivity contribution >= 4 is 49.3 Å². The molecular formula is C24H26BrF3N2O3S2. The Labute approximate surface area is 215 Å². The van der Waals surface area contributed by atoms with Crippen LogP contribution >= 0.6 is 27.3 Å². The smallest absolute Gasteiger partial charge is 0.339 e. The number of carbonyl (C=O) groups is 1. The SMILES string of the molecule is O=C(/C=C/c1cccc(C(F)(F)F)c1)N1CCC(C2CCN(S(=O)(=O)c3ccc(Br)s3)CC2)CC1. The van der Waals surface area contributed by atoms with E-state index in [1.165, 1.54) is 35.6 Å². The van der Waals surface area contributed by atoms with Gasteiger partial charge in [0, 0.05) is 32.3 Å². The molecule has 2 fully saturated rings. The Morgan fingerprint density at radius 2 is 1.63 bits per heavy atom. The summed E-state index contributed by atoms with van der Waals surface area (Å²) in [6.07, 6.45) is 1.64. The molecule has 0 N–H and O–H groups in total. The van der Waals surface area contributed by atoms with E-state index in [0.29, 0.717) is 47.8 Å². The molecule has 11 heteroatoms. The number of sulfonamides is 1. The van der Waals surface area contributed by atoms with Gasteiger partial charge in [0.05, 0.1) is 9.35 Å². The first kappa shape index (κ1) is 26.4. The predicted molar refractivity (Wildman–Crippen MR) is 133 cm³/mol. The maximum absolute atomic E-state index is 12.9. The van der Waals surface area contributed by atoms with Crippen LogP contribution in [0.1, 0.15) is 36.8 Å². The first-order valence-electron chi connectivity index (χ1n) is 11.4. The Morgan fingerprint density at radius 1 is 1.00 bits per heavy atom. The number of nitrogens with zero attached hydrogens (tertiary/aromatic N) is 2. The van der Waals surface area contributed by atoms with Crippen LogP contribution in [0.15, 0.2) is 50.5 Å². The number of halogens is 4. The zero-order chi connectivity index (χ0) is 25.2. The van der Waals surface area contributed by atoms with Crippen LogP contribution in [-0.4, -0.2) is 49.7 Å². The van der Waals surface area contributed by atoms with E-state index in [4.69, 9.17) is 0 Å². The van der Waals surface area contributed by atoms with E-state index in [1.807, 2.05) is 0 Å². The lowest BCUT2D eigenvalue weighted by Crippen LogP contribution is -2.43. The van der Waals surface area contributed by atoms with E-state index in [1.54, 1.807) is 21.3 Å². The molecule has 0 radical (unpaired) electrons. The van der Waals surface area contributed by atoms with Crippen molar-refractivity contribution in [3.05, 3.63) is 57.4 Å². The van der Waals surface area contributed by atoms with E-state index < -0.39 is 21.8 Å². The fraction of sp³-hybridized carbons (Fsp3) is 0.458. The Kier molecular flexibility index (Phi) is 8.09. The minimum atomic E-state index is -4.42. The quantitative estimate of drug-likeness (QED) is 0.408. The fourth-order valence-electron chi connectivity index (χ4n) is 4.83. The molecular weight excluding hydrogens is 565 g/mol. The summed E-state index contributed by atoms with van der Waals surface area (Å²) in [4.78, 5) is 14.3. The van der Waals surface area contributed by atoms with Crippen molar-refractivity contribution in [2.75, 3.05) is 26.2 Å². The maximum atomic E-state index is 12.9. The van der Waals surface area contributed by atoms with Crippen LogP contribution in [0.3, 0.4) is 0 Å². The van der Waals surface area contributed by atoms with Gasteiger partial charge in [0.2, 0.25) is 5.91 Å². The summed E-state index contributed by atoms with van der Waals surface area (Å²) < 4.78 is 67.0. The summed E-state index contributed by atoms with van der Waals surface area (Å²) in [5.41, 5.74) is -0.408. The Balaban J connectivity index is 1.26. The third-order valence-corrected chi connectivity index (χ3v) is 10.8. The molecule has 1 amide bonds. The number of rotatable bonds is 5. The van der Waals surface area contributed by atoms with Gasteiger partial charge in [-0.05, 0) is 89.4 Å². The number of piperidine rings is 2. The molecule has 4 rings (SSSR count). The number of hydrogen-bond donors (Lipinski definition) is 0. The topological polar surface area (TPSA) is 57.7 Å². The third-order valence-electron chi connectivity index (χ3n) is 6.79. The van der Waals surface area contributed by atoms with Crippen molar-refractivity contribution in [2.24, 2.45) is 11.8 Å². The molecule has 0 unspecified atom stereocenters. The minimum absolute atomic E-state index is 0.205. The molecule has 35 heavy (non-hydrogen) atoms. The van der Waals surface area contributed by atoms with Crippen molar-refractivity contribution in [3.63, 3.8) is 0 Å². The highest BCUT2D eigenvalue weighted by atomic mass is 79.9. The molecule has 0 atom stereocenters. The highest BCUT2D eigenvalue weighted by Crippen LogP contribution is 2.36.